The summed E-state index contributed by atoms with van der Waals surface area (Å²) < 4.78 is 0. The molecule has 2 aromatic carbocycles. The Labute approximate surface area is 102 Å². The average Bonchev–Trinajstić information content (AvgIpc) is 2.39. The maximum Gasteiger partial charge on any atom is 0.101 e. The van der Waals surface area contributed by atoms with Crippen molar-refractivity contribution in [2.75, 3.05) is 11.9 Å². The molecule has 0 unspecified atom stereocenters. The van der Waals surface area contributed by atoms with Crippen LogP contribution in [0.5, 0.6) is 0 Å². The van der Waals surface area contributed by atoms with Gasteiger partial charge in [0.1, 0.15) is 6.07 Å². The molecule has 2 nitrogen and oxygen atoms in total. The van der Waals surface area contributed by atoms with E-state index in [1.54, 1.807) is 0 Å². The fourth-order valence-electron chi connectivity index (χ4n) is 1.82. The van der Waals surface area contributed by atoms with E-state index in [0.717, 1.165) is 16.9 Å². The Kier molecular flexibility index (Phi) is 3.11. The van der Waals surface area contributed by atoms with Crippen molar-refractivity contribution in [3.05, 3.63) is 59.7 Å². The first-order valence-corrected chi connectivity index (χ1v) is 5.52. The molecule has 0 atom stereocenters. The molecule has 84 valence electrons. The van der Waals surface area contributed by atoms with Gasteiger partial charge in [0.25, 0.3) is 0 Å². The lowest BCUT2D eigenvalue weighted by Crippen LogP contribution is -2.10. The predicted octanol–water partition coefficient (Wildman–Crippen LogP) is 3.63. The van der Waals surface area contributed by atoms with Gasteiger partial charge < -0.3 is 4.90 Å². The number of para-hydroxylation sites is 1. The minimum absolute atomic E-state index is 0.705. The van der Waals surface area contributed by atoms with Crippen LogP contribution >= 0.6 is 0 Å². The van der Waals surface area contributed by atoms with Crippen LogP contribution in [0.3, 0.4) is 0 Å². The third kappa shape index (κ3) is 2.29. The molecule has 0 aliphatic rings. The van der Waals surface area contributed by atoms with Crippen molar-refractivity contribution in [1.82, 2.24) is 0 Å². The van der Waals surface area contributed by atoms with Crippen molar-refractivity contribution in [2.45, 2.75) is 6.92 Å². The van der Waals surface area contributed by atoms with E-state index >= 15 is 0 Å². The largest absolute Gasteiger partial charge is 0.344 e. The summed E-state index contributed by atoms with van der Waals surface area (Å²) in [5.41, 5.74) is 3.82. The van der Waals surface area contributed by atoms with Crippen molar-refractivity contribution in [3.63, 3.8) is 0 Å². The molecule has 0 aliphatic heterocycles. The highest BCUT2D eigenvalue weighted by Crippen LogP contribution is 2.26. The van der Waals surface area contributed by atoms with Crippen molar-refractivity contribution in [1.29, 1.82) is 5.26 Å². The predicted molar refractivity (Wildman–Crippen MR) is 70.4 cm³/mol. The molecule has 0 bridgehead atoms. The molecular formula is C15H14N2. The van der Waals surface area contributed by atoms with Crippen LogP contribution in [0.15, 0.2) is 48.5 Å². The van der Waals surface area contributed by atoms with Crippen molar-refractivity contribution >= 4 is 11.4 Å². The molecule has 2 rings (SSSR count). The zero-order valence-electron chi connectivity index (χ0n) is 10.0. The minimum atomic E-state index is 0.705. The molecule has 17 heavy (non-hydrogen) atoms. The molecule has 0 aromatic heterocycles. The number of hydrogen-bond donors (Lipinski definition) is 0. The van der Waals surface area contributed by atoms with E-state index in [1.807, 2.05) is 67.4 Å². The van der Waals surface area contributed by atoms with Gasteiger partial charge in [-0.25, -0.2) is 0 Å². The van der Waals surface area contributed by atoms with Crippen molar-refractivity contribution in [2.24, 2.45) is 0 Å². The molecule has 0 saturated heterocycles. The van der Waals surface area contributed by atoms with Gasteiger partial charge >= 0.3 is 0 Å². The van der Waals surface area contributed by atoms with Gasteiger partial charge in [0.05, 0.1) is 11.3 Å². The lowest BCUT2D eigenvalue weighted by atomic mass is 10.1. The van der Waals surface area contributed by atoms with Crippen molar-refractivity contribution < 1.29 is 0 Å². The molecule has 0 aliphatic carbocycles. The van der Waals surface area contributed by atoms with Crippen LogP contribution in [0.2, 0.25) is 0 Å². The maximum atomic E-state index is 9.16. The number of benzene rings is 2. The van der Waals surface area contributed by atoms with Gasteiger partial charge in [-0.2, -0.15) is 5.26 Å². The minimum Gasteiger partial charge on any atom is -0.344 e. The highest BCUT2D eigenvalue weighted by molar-refractivity contribution is 5.69. The zero-order chi connectivity index (χ0) is 12.3. The van der Waals surface area contributed by atoms with E-state index in [0.29, 0.717) is 5.56 Å². The van der Waals surface area contributed by atoms with Gasteiger partial charge in [-0.1, -0.05) is 24.3 Å². The summed E-state index contributed by atoms with van der Waals surface area (Å²) in [7, 11) is 1.97. The smallest absolute Gasteiger partial charge is 0.101 e. The third-order valence-corrected chi connectivity index (χ3v) is 2.78. The Morgan fingerprint density at radius 2 is 1.76 bits per heavy atom. The Hall–Kier alpha value is -2.27. The number of anilines is 2. The van der Waals surface area contributed by atoms with E-state index in [-0.39, 0.29) is 0 Å². The number of hydrogen-bond acceptors (Lipinski definition) is 2. The average molecular weight is 222 g/mol. The SMILES string of the molecule is Cc1ccc(N(C)c2ccccc2)c(C#N)c1. The Bertz CT molecular complexity index is 553. The molecule has 2 aromatic rings. The van der Waals surface area contributed by atoms with Crippen LogP contribution in [0, 0.1) is 18.3 Å². The first-order chi connectivity index (χ1) is 8.22. The van der Waals surface area contributed by atoms with Crippen LogP contribution in [0.4, 0.5) is 11.4 Å². The fourth-order valence-corrected chi connectivity index (χ4v) is 1.82. The van der Waals surface area contributed by atoms with Crippen LogP contribution in [0.1, 0.15) is 11.1 Å². The number of rotatable bonds is 2. The highest BCUT2D eigenvalue weighted by atomic mass is 15.1. The number of nitrogens with zero attached hydrogens (tertiary/aromatic N) is 2. The summed E-state index contributed by atoms with van der Waals surface area (Å²) in [6.45, 7) is 1.99. The zero-order valence-corrected chi connectivity index (χ0v) is 10.0. The monoisotopic (exact) mass is 222 g/mol. The topological polar surface area (TPSA) is 27.0 Å². The van der Waals surface area contributed by atoms with E-state index in [2.05, 4.69) is 6.07 Å². The Balaban J connectivity index is 2.45. The molecular weight excluding hydrogens is 208 g/mol. The van der Waals surface area contributed by atoms with E-state index in [9.17, 15) is 0 Å². The molecule has 0 fully saturated rings. The number of aryl methyl sites for hydroxylation is 1. The Morgan fingerprint density at radius 3 is 2.41 bits per heavy atom. The number of nitriles is 1. The fraction of sp³-hybridized carbons (Fsp3) is 0.133. The standard InChI is InChI=1S/C15H14N2/c1-12-8-9-15(13(10-12)11-16)17(2)14-6-4-3-5-7-14/h3-10H,1-2H3. The molecule has 0 spiro atoms. The summed E-state index contributed by atoms with van der Waals surface area (Å²) in [5.74, 6) is 0. The lowest BCUT2D eigenvalue weighted by Gasteiger charge is -2.20. The maximum absolute atomic E-state index is 9.16. The van der Waals surface area contributed by atoms with Gasteiger partial charge in [0.2, 0.25) is 0 Å². The van der Waals surface area contributed by atoms with Gasteiger partial charge in [0.15, 0.2) is 0 Å². The van der Waals surface area contributed by atoms with Crippen LogP contribution < -0.4 is 4.90 Å². The van der Waals surface area contributed by atoms with E-state index in [1.165, 1.54) is 0 Å². The van der Waals surface area contributed by atoms with Crippen LogP contribution in [0.25, 0.3) is 0 Å². The normalized spacial score (nSPS) is 9.71. The van der Waals surface area contributed by atoms with Crippen molar-refractivity contribution in [3.8, 4) is 6.07 Å². The first kappa shape index (κ1) is 11.2. The van der Waals surface area contributed by atoms with Gasteiger partial charge in [-0.3, -0.25) is 0 Å². The third-order valence-electron chi connectivity index (χ3n) is 2.78. The summed E-state index contributed by atoms with van der Waals surface area (Å²) in [6.07, 6.45) is 0. The first-order valence-electron chi connectivity index (χ1n) is 5.52. The Morgan fingerprint density at radius 1 is 1.06 bits per heavy atom. The molecule has 0 N–H and O–H groups in total. The molecule has 0 amide bonds. The van der Waals surface area contributed by atoms with Gasteiger partial charge in [-0.05, 0) is 36.8 Å². The molecule has 0 radical (unpaired) electrons. The second-order valence-corrected chi connectivity index (χ2v) is 4.03. The summed E-state index contributed by atoms with van der Waals surface area (Å²) in [4.78, 5) is 2.03. The van der Waals surface area contributed by atoms with Gasteiger partial charge in [0, 0.05) is 12.7 Å². The lowest BCUT2D eigenvalue weighted by molar-refractivity contribution is 1.19. The van der Waals surface area contributed by atoms with Crippen LogP contribution in [-0.4, -0.2) is 7.05 Å². The van der Waals surface area contributed by atoms with E-state index in [4.69, 9.17) is 5.26 Å². The molecule has 0 saturated carbocycles. The summed E-state index contributed by atoms with van der Waals surface area (Å²) in [6, 6.07) is 18.2. The second kappa shape index (κ2) is 4.71. The molecule has 0 heterocycles. The summed E-state index contributed by atoms with van der Waals surface area (Å²) >= 11 is 0. The van der Waals surface area contributed by atoms with E-state index < -0.39 is 0 Å². The van der Waals surface area contributed by atoms with Gasteiger partial charge in [-0.15, -0.1) is 0 Å². The quantitative estimate of drug-likeness (QED) is 0.775. The highest BCUT2D eigenvalue weighted by Gasteiger charge is 2.08. The summed E-state index contributed by atoms with van der Waals surface area (Å²) in [5, 5.41) is 9.16. The second-order valence-electron chi connectivity index (χ2n) is 4.03. The molecule has 2 heteroatoms. The van der Waals surface area contributed by atoms with Crippen LogP contribution in [-0.2, 0) is 0 Å².